The van der Waals surface area contributed by atoms with Crippen molar-refractivity contribution in [2.45, 2.75) is 6.54 Å². The molecule has 0 radical (unpaired) electrons. The van der Waals surface area contributed by atoms with E-state index in [4.69, 9.17) is 0 Å². The molecule has 0 fully saturated rings. The van der Waals surface area contributed by atoms with E-state index in [2.05, 4.69) is 5.10 Å². The molecular formula is C8H7FN2S. The van der Waals surface area contributed by atoms with Gasteiger partial charge in [0.25, 0.3) is 0 Å². The Bertz CT molecular complexity index is 353. The number of hydrogen-bond acceptors (Lipinski definition) is 2. The lowest BCUT2D eigenvalue weighted by molar-refractivity contribution is 0.596. The standard InChI is InChI=1S/C8H7FN2S/c9-7-2-5-12-8(7)6-11-4-1-3-10-11/h1-5H,6H2. The largest absolute Gasteiger partial charge is 0.267 e. The zero-order chi connectivity index (χ0) is 8.39. The van der Waals surface area contributed by atoms with Gasteiger partial charge in [-0.2, -0.15) is 5.10 Å². The summed E-state index contributed by atoms with van der Waals surface area (Å²) >= 11 is 1.41. The molecule has 62 valence electrons. The van der Waals surface area contributed by atoms with E-state index in [1.165, 1.54) is 17.4 Å². The van der Waals surface area contributed by atoms with Crippen molar-refractivity contribution >= 4 is 11.3 Å². The minimum absolute atomic E-state index is 0.143. The maximum atomic E-state index is 12.9. The Morgan fingerprint density at radius 1 is 1.58 bits per heavy atom. The van der Waals surface area contributed by atoms with Crippen LogP contribution in [-0.4, -0.2) is 9.78 Å². The van der Waals surface area contributed by atoms with Gasteiger partial charge in [-0.3, -0.25) is 4.68 Å². The predicted octanol–water partition coefficient (Wildman–Crippen LogP) is 2.13. The van der Waals surface area contributed by atoms with Crippen molar-refractivity contribution in [2.24, 2.45) is 0 Å². The van der Waals surface area contributed by atoms with Crippen LogP contribution < -0.4 is 0 Å². The van der Waals surface area contributed by atoms with Gasteiger partial charge in [0.05, 0.1) is 11.4 Å². The molecule has 4 heteroatoms. The van der Waals surface area contributed by atoms with E-state index >= 15 is 0 Å². The second-order valence-corrected chi connectivity index (χ2v) is 3.40. The summed E-state index contributed by atoms with van der Waals surface area (Å²) in [6.07, 6.45) is 3.50. The molecule has 0 bridgehead atoms. The van der Waals surface area contributed by atoms with Crippen LogP contribution in [0.3, 0.4) is 0 Å². The second kappa shape index (κ2) is 3.06. The lowest BCUT2D eigenvalue weighted by atomic mass is 10.4. The van der Waals surface area contributed by atoms with Gasteiger partial charge in [-0.15, -0.1) is 11.3 Å². The SMILES string of the molecule is Fc1ccsc1Cn1cccn1. The lowest BCUT2D eigenvalue weighted by Crippen LogP contribution is -1.98. The fourth-order valence-electron chi connectivity index (χ4n) is 0.979. The Labute approximate surface area is 73.3 Å². The molecule has 0 saturated carbocycles. The quantitative estimate of drug-likeness (QED) is 0.695. The number of rotatable bonds is 2. The van der Waals surface area contributed by atoms with Crippen LogP contribution in [0.25, 0.3) is 0 Å². The van der Waals surface area contributed by atoms with Gasteiger partial charge in [0, 0.05) is 12.4 Å². The molecule has 2 aromatic heterocycles. The molecule has 2 rings (SSSR count). The van der Waals surface area contributed by atoms with Crippen molar-refractivity contribution in [3.8, 4) is 0 Å². The Hall–Kier alpha value is -1.16. The molecule has 0 unspecified atom stereocenters. The molecule has 2 nitrogen and oxygen atoms in total. The van der Waals surface area contributed by atoms with Crippen LogP contribution in [0.5, 0.6) is 0 Å². The number of thiophene rings is 1. The highest BCUT2D eigenvalue weighted by molar-refractivity contribution is 7.09. The fourth-order valence-corrected chi connectivity index (χ4v) is 1.72. The van der Waals surface area contributed by atoms with Gasteiger partial charge in [-0.1, -0.05) is 0 Å². The Kier molecular flexibility index (Phi) is 1.91. The zero-order valence-electron chi connectivity index (χ0n) is 6.27. The van der Waals surface area contributed by atoms with Crippen molar-refractivity contribution in [3.05, 3.63) is 40.6 Å². The normalized spacial score (nSPS) is 10.4. The van der Waals surface area contributed by atoms with Crippen molar-refractivity contribution < 1.29 is 4.39 Å². The van der Waals surface area contributed by atoms with Gasteiger partial charge in [-0.05, 0) is 17.5 Å². The van der Waals surface area contributed by atoms with Crippen LogP contribution in [0.15, 0.2) is 29.9 Å². The van der Waals surface area contributed by atoms with E-state index in [1.54, 1.807) is 16.3 Å². The van der Waals surface area contributed by atoms with Crippen LogP contribution in [-0.2, 0) is 6.54 Å². The predicted molar refractivity (Wildman–Crippen MR) is 45.6 cm³/mol. The monoisotopic (exact) mass is 182 g/mol. The molecule has 2 heterocycles. The topological polar surface area (TPSA) is 17.8 Å². The van der Waals surface area contributed by atoms with Crippen LogP contribution >= 0.6 is 11.3 Å². The lowest BCUT2D eigenvalue weighted by Gasteiger charge is -1.97. The van der Waals surface area contributed by atoms with Crippen molar-refractivity contribution in [1.29, 1.82) is 0 Å². The van der Waals surface area contributed by atoms with Gasteiger partial charge in [0.15, 0.2) is 0 Å². The molecule has 0 aromatic carbocycles. The summed E-state index contributed by atoms with van der Waals surface area (Å²) in [6, 6.07) is 3.30. The number of aromatic nitrogens is 2. The summed E-state index contributed by atoms with van der Waals surface area (Å²) in [6.45, 7) is 0.524. The molecule has 12 heavy (non-hydrogen) atoms. The first kappa shape index (κ1) is 7.49. The molecule has 0 atom stereocenters. The first-order valence-corrected chi connectivity index (χ1v) is 4.43. The van der Waals surface area contributed by atoms with Crippen molar-refractivity contribution in [3.63, 3.8) is 0 Å². The van der Waals surface area contributed by atoms with Crippen molar-refractivity contribution in [2.75, 3.05) is 0 Å². The minimum Gasteiger partial charge on any atom is -0.267 e. The van der Waals surface area contributed by atoms with Crippen LogP contribution in [0.2, 0.25) is 0 Å². The molecule has 0 saturated heterocycles. The van der Waals surface area contributed by atoms with E-state index < -0.39 is 0 Å². The third kappa shape index (κ3) is 1.38. The zero-order valence-corrected chi connectivity index (χ0v) is 7.09. The van der Waals surface area contributed by atoms with Gasteiger partial charge in [-0.25, -0.2) is 4.39 Å². The Morgan fingerprint density at radius 3 is 3.08 bits per heavy atom. The fraction of sp³-hybridized carbons (Fsp3) is 0.125. The number of hydrogen-bond donors (Lipinski definition) is 0. The van der Waals surface area contributed by atoms with E-state index in [-0.39, 0.29) is 5.82 Å². The average Bonchev–Trinajstić information content (AvgIpc) is 2.65. The number of halogens is 1. The van der Waals surface area contributed by atoms with Crippen LogP contribution in [0.4, 0.5) is 4.39 Å². The molecule has 0 amide bonds. The summed E-state index contributed by atoms with van der Waals surface area (Å²) in [5.41, 5.74) is 0. The molecule has 0 aliphatic heterocycles. The number of nitrogens with zero attached hydrogens (tertiary/aromatic N) is 2. The van der Waals surface area contributed by atoms with Gasteiger partial charge < -0.3 is 0 Å². The third-order valence-electron chi connectivity index (χ3n) is 1.56. The molecule has 0 aliphatic rings. The van der Waals surface area contributed by atoms with Gasteiger partial charge in [0.2, 0.25) is 0 Å². The average molecular weight is 182 g/mol. The molecule has 0 aliphatic carbocycles. The Morgan fingerprint density at radius 2 is 2.50 bits per heavy atom. The summed E-state index contributed by atoms with van der Waals surface area (Å²) in [5.74, 6) is -0.143. The van der Waals surface area contributed by atoms with Crippen molar-refractivity contribution in [1.82, 2.24) is 9.78 Å². The molecule has 0 spiro atoms. The van der Waals surface area contributed by atoms with E-state index in [0.717, 1.165) is 4.88 Å². The van der Waals surface area contributed by atoms with Crippen LogP contribution in [0.1, 0.15) is 4.88 Å². The summed E-state index contributed by atoms with van der Waals surface area (Å²) < 4.78 is 14.6. The third-order valence-corrected chi connectivity index (χ3v) is 2.44. The van der Waals surface area contributed by atoms with Crippen LogP contribution in [0, 0.1) is 5.82 Å². The molecule has 0 N–H and O–H groups in total. The highest BCUT2D eigenvalue weighted by Crippen LogP contribution is 2.15. The Balaban J connectivity index is 2.20. The highest BCUT2D eigenvalue weighted by atomic mass is 32.1. The maximum absolute atomic E-state index is 12.9. The van der Waals surface area contributed by atoms with E-state index in [1.807, 2.05) is 12.3 Å². The summed E-state index contributed by atoms with van der Waals surface area (Å²) in [7, 11) is 0. The first-order chi connectivity index (χ1) is 5.86. The minimum atomic E-state index is -0.143. The highest BCUT2D eigenvalue weighted by Gasteiger charge is 2.03. The van der Waals surface area contributed by atoms with Gasteiger partial charge >= 0.3 is 0 Å². The summed E-state index contributed by atoms with van der Waals surface area (Å²) in [5, 5.41) is 5.73. The first-order valence-electron chi connectivity index (χ1n) is 3.55. The molecular weight excluding hydrogens is 175 g/mol. The smallest absolute Gasteiger partial charge is 0.138 e. The van der Waals surface area contributed by atoms with E-state index in [9.17, 15) is 4.39 Å². The summed E-state index contributed by atoms with van der Waals surface area (Å²) in [4.78, 5) is 0.721. The second-order valence-electron chi connectivity index (χ2n) is 2.40. The van der Waals surface area contributed by atoms with Gasteiger partial charge in [0.1, 0.15) is 5.82 Å². The molecule has 2 aromatic rings. The van der Waals surface area contributed by atoms with E-state index in [0.29, 0.717) is 6.54 Å². The maximum Gasteiger partial charge on any atom is 0.138 e.